The minimum Gasteiger partial charge on any atom is -0.369 e. The van der Waals surface area contributed by atoms with E-state index in [4.69, 9.17) is 5.73 Å². The van der Waals surface area contributed by atoms with Crippen LogP contribution >= 0.6 is 0 Å². The van der Waals surface area contributed by atoms with Gasteiger partial charge in [0.1, 0.15) is 0 Å². The quantitative estimate of drug-likeness (QED) is 0.801. The number of amides is 3. The van der Waals surface area contributed by atoms with Crippen LogP contribution < -0.4 is 11.1 Å². The van der Waals surface area contributed by atoms with Crippen molar-refractivity contribution >= 4 is 21.8 Å². The smallest absolute Gasteiger partial charge is 0.317 e. The molecule has 0 unspecified atom stereocenters. The summed E-state index contributed by atoms with van der Waals surface area (Å²) in [5, 5.41) is 2.78. The first-order valence-corrected chi connectivity index (χ1v) is 9.38. The second kappa shape index (κ2) is 6.99. The van der Waals surface area contributed by atoms with Crippen molar-refractivity contribution in [1.29, 1.82) is 0 Å². The monoisotopic (exact) mass is 339 g/mol. The molecule has 0 aliphatic carbocycles. The third-order valence-electron chi connectivity index (χ3n) is 3.77. The van der Waals surface area contributed by atoms with Crippen molar-refractivity contribution in [2.24, 2.45) is 11.7 Å². The predicted octanol–water partition coefficient (Wildman–Crippen LogP) is 0.248. The van der Waals surface area contributed by atoms with Gasteiger partial charge in [0.25, 0.3) is 0 Å². The van der Waals surface area contributed by atoms with Gasteiger partial charge in [0.05, 0.1) is 11.7 Å². The maximum atomic E-state index is 12.0. The molecule has 126 valence electrons. The average Bonchev–Trinajstić information content (AvgIpc) is 2.94. The molecular weight excluding hydrogens is 318 g/mol. The van der Waals surface area contributed by atoms with Crippen LogP contribution in [-0.2, 0) is 26.9 Å². The van der Waals surface area contributed by atoms with Crippen molar-refractivity contribution in [1.82, 2.24) is 10.2 Å². The summed E-state index contributed by atoms with van der Waals surface area (Å²) in [6, 6.07) is 6.82. The van der Waals surface area contributed by atoms with E-state index in [1.54, 1.807) is 29.2 Å². The predicted molar refractivity (Wildman–Crippen MR) is 86.1 cm³/mol. The molecule has 1 saturated heterocycles. The fourth-order valence-electron chi connectivity index (χ4n) is 2.52. The van der Waals surface area contributed by atoms with E-state index in [1.807, 2.05) is 0 Å². The summed E-state index contributed by atoms with van der Waals surface area (Å²) in [5.74, 6) is -0.639. The van der Waals surface area contributed by atoms with Gasteiger partial charge < -0.3 is 16.0 Å². The number of likely N-dealkylation sites (tertiary alicyclic amines) is 1. The Bertz CT molecular complexity index is 685. The minimum absolute atomic E-state index is 0.00191. The van der Waals surface area contributed by atoms with E-state index in [1.165, 1.54) is 6.26 Å². The zero-order valence-corrected chi connectivity index (χ0v) is 13.8. The molecule has 7 nitrogen and oxygen atoms in total. The number of hydrogen-bond donors (Lipinski definition) is 2. The van der Waals surface area contributed by atoms with E-state index < -0.39 is 9.84 Å². The van der Waals surface area contributed by atoms with Crippen LogP contribution in [0, 0.1) is 5.92 Å². The van der Waals surface area contributed by atoms with Crippen molar-refractivity contribution in [2.45, 2.75) is 18.7 Å². The van der Waals surface area contributed by atoms with Crippen molar-refractivity contribution in [3.8, 4) is 0 Å². The number of carbonyl (C=O) groups excluding carboxylic acids is 2. The highest BCUT2D eigenvalue weighted by atomic mass is 32.2. The highest BCUT2D eigenvalue weighted by Crippen LogP contribution is 2.15. The molecule has 23 heavy (non-hydrogen) atoms. The number of carbonyl (C=O) groups is 2. The van der Waals surface area contributed by atoms with Gasteiger partial charge in [0.2, 0.25) is 5.91 Å². The Morgan fingerprint density at radius 1 is 1.26 bits per heavy atom. The molecular formula is C15H21N3O4S. The molecule has 1 atom stereocenters. The Morgan fingerprint density at radius 2 is 1.87 bits per heavy atom. The first kappa shape index (κ1) is 17.3. The van der Waals surface area contributed by atoms with Gasteiger partial charge >= 0.3 is 6.03 Å². The summed E-state index contributed by atoms with van der Waals surface area (Å²) in [6.07, 6.45) is 1.79. The lowest BCUT2D eigenvalue weighted by atomic mass is 10.1. The molecule has 8 heteroatoms. The van der Waals surface area contributed by atoms with Crippen molar-refractivity contribution in [3.05, 3.63) is 35.4 Å². The second-order valence-electron chi connectivity index (χ2n) is 5.88. The summed E-state index contributed by atoms with van der Waals surface area (Å²) in [5.41, 5.74) is 6.83. The lowest BCUT2D eigenvalue weighted by molar-refractivity contribution is -0.121. The number of nitrogens with zero attached hydrogens (tertiary/aromatic N) is 1. The number of nitrogens with one attached hydrogen (secondary N) is 1. The van der Waals surface area contributed by atoms with E-state index in [-0.39, 0.29) is 23.6 Å². The topological polar surface area (TPSA) is 110 Å². The van der Waals surface area contributed by atoms with E-state index in [0.29, 0.717) is 31.6 Å². The van der Waals surface area contributed by atoms with Crippen LogP contribution in [0.4, 0.5) is 4.79 Å². The van der Waals surface area contributed by atoms with Crippen LogP contribution in [0.3, 0.4) is 0 Å². The molecule has 1 aliphatic rings. The maximum Gasteiger partial charge on any atom is 0.317 e. The summed E-state index contributed by atoms with van der Waals surface area (Å²) < 4.78 is 22.5. The van der Waals surface area contributed by atoms with Gasteiger partial charge in [-0.15, -0.1) is 0 Å². The van der Waals surface area contributed by atoms with Crippen molar-refractivity contribution in [3.63, 3.8) is 0 Å². The normalized spacial score (nSPS) is 18.0. The number of hydrogen-bond acceptors (Lipinski definition) is 4. The largest absolute Gasteiger partial charge is 0.369 e. The van der Waals surface area contributed by atoms with Crippen molar-refractivity contribution in [2.75, 3.05) is 19.3 Å². The number of sulfone groups is 1. The van der Waals surface area contributed by atoms with E-state index in [9.17, 15) is 18.0 Å². The fraction of sp³-hybridized carbons (Fsp3) is 0.467. The molecule has 3 N–H and O–H groups in total. The third kappa shape index (κ3) is 5.24. The summed E-state index contributed by atoms with van der Waals surface area (Å²) in [6.45, 7) is 1.22. The first-order valence-electron chi connectivity index (χ1n) is 7.32. The average molecular weight is 339 g/mol. The lowest BCUT2D eigenvalue weighted by Gasteiger charge is -2.17. The van der Waals surface area contributed by atoms with E-state index >= 15 is 0 Å². The SMILES string of the molecule is CS(=O)(=O)Cc1ccc(CNC(=O)N2CC[C@@H](C(N)=O)C2)cc1. The molecule has 1 aromatic carbocycles. The van der Waals surface area contributed by atoms with Crippen LogP contribution in [0.25, 0.3) is 0 Å². The van der Waals surface area contributed by atoms with Crippen LogP contribution in [0.5, 0.6) is 0 Å². The zero-order valence-electron chi connectivity index (χ0n) is 13.0. The molecule has 1 aromatic rings. The van der Waals surface area contributed by atoms with Gasteiger partial charge in [-0.3, -0.25) is 4.79 Å². The van der Waals surface area contributed by atoms with Gasteiger partial charge in [0, 0.05) is 25.9 Å². The van der Waals surface area contributed by atoms with Gasteiger partial charge in [-0.2, -0.15) is 0 Å². The molecule has 0 bridgehead atoms. The summed E-state index contributed by atoms with van der Waals surface area (Å²) >= 11 is 0. The van der Waals surface area contributed by atoms with E-state index in [0.717, 1.165) is 5.56 Å². The zero-order chi connectivity index (χ0) is 17.0. The van der Waals surface area contributed by atoms with Crippen LogP contribution in [0.15, 0.2) is 24.3 Å². The number of primary amides is 1. The molecule has 1 heterocycles. The fourth-order valence-corrected chi connectivity index (χ4v) is 3.32. The molecule has 0 radical (unpaired) electrons. The minimum atomic E-state index is -3.05. The maximum absolute atomic E-state index is 12.0. The highest BCUT2D eigenvalue weighted by molar-refractivity contribution is 7.89. The molecule has 2 rings (SSSR count). The number of benzene rings is 1. The van der Waals surface area contributed by atoms with Gasteiger partial charge in [-0.05, 0) is 17.5 Å². The molecule has 3 amide bonds. The number of nitrogens with two attached hydrogens (primary N) is 1. The molecule has 0 aromatic heterocycles. The summed E-state index contributed by atoms with van der Waals surface area (Å²) in [4.78, 5) is 24.7. The Morgan fingerprint density at radius 3 is 2.39 bits per heavy atom. The third-order valence-corrected chi connectivity index (χ3v) is 4.63. The molecule has 0 saturated carbocycles. The van der Waals surface area contributed by atoms with Crippen LogP contribution in [0.1, 0.15) is 17.5 Å². The highest BCUT2D eigenvalue weighted by Gasteiger charge is 2.29. The standard InChI is InChI=1S/C15H21N3O4S/c1-23(21,22)10-12-4-2-11(3-5-12)8-17-15(20)18-7-6-13(9-18)14(16)19/h2-5,13H,6-10H2,1H3,(H2,16,19)(H,17,20)/t13-/m1/s1. The lowest BCUT2D eigenvalue weighted by Crippen LogP contribution is -2.39. The van der Waals surface area contributed by atoms with Crippen molar-refractivity contribution < 1.29 is 18.0 Å². The Balaban J connectivity index is 1.84. The Labute approximate surface area is 135 Å². The number of rotatable bonds is 5. The van der Waals surface area contributed by atoms with E-state index in [2.05, 4.69) is 5.32 Å². The molecule has 1 aliphatic heterocycles. The number of urea groups is 1. The Hall–Kier alpha value is -2.09. The molecule has 0 spiro atoms. The first-order chi connectivity index (χ1) is 10.7. The summed E-state index contributed by atoms with van der Waals surface area (Å²) in [7, 11) is -3.05. The molecule has 1 fully saturated rings. The second-order valence-corrected chi connectivity index (χ2v) is 8.02. The van der Waals surface area contributed by atoms with Crippen LogP contribution in [-0.4, -0.2) is 44.6 Å². The Kier molecular flexibility index (Phi) is 5.25. The van der Waals surface area contributed by atoms with Gasteiger partial charge in [-0.1, -0.05) is 24.3 Å². The van der Waals surface area contributed by atoms with Gasteiger partial charge in [-0.25, -0.2) is 13.2 Å². The van der Waals surface area contributed by atoms with Crippen LogP contribution in [0.2, 0.25) is 0 Å². The van der Waals surface area contributed by atoms with Gasteiger partial charge in [0.15, 0.2) is 9.84 Å².